The van der Waals surface area contributed by atoms with Crippen LogP contribution < -0.4 is 16.6 Å². The molecule has 1 aliphatic heterocycles. The number of likely N-dealkylation sites (tertiary alicyclic amines) is 1. The van der Waals surface area contributed by atoms with E-state index >= 15 is 0 Å². The van der Waals surface area contributed by atoms with E-state index in [9.17, 15) is 0 Å². The predicted octanol–water partition coefficient (Wildman–Crippen LogP) is 1.42. The maximum Gasteiger partial charge on any atom is 0.159 e. The Hall–Kier alpha value is -0.920. The van der Waals surface area contributed by atoms with Gasteiger partial charge in [-0.1, -0.05) is 6.92 Å². The molecule has 18 heavy (non-hydrogen) atoms. The minimum absolute atomic E-state index is 0.426. The van der Waals surface area contributed by atoms with Gasteiger partial charge in [0.15, 0.2) is 5.82 Å². The lowest BCUT2D eigenvalue weighted by Gasteiger charge is -2.32. The van der Waals surface area contributed by atoms with Crippen LogP contribution in [0.3, 0.4) is 0 Å². The van der Waals surface area contributed by atoms with E-state index in [-0.39, 0.29) is 0 Å². The lowest BCUT2D eigenvalue weighted by Crippen LogP contribution is -2.42. The van der Waals surface area contributed by atoms with E-state index in [0.717, 1.165) is 23.4 Å². The average molecular weight is 315 g/mol. The molecule has 1 fully saturated rings. The van der Waals surface area contributed by atoms with E-state index in [1.165, 1.54) is 25.7 Å². The van der Waals surface area contributed by atoms with Crippen LogP contribution in [0.5, 0.6) is 0 Å². The summed E-state index contributed by atoms with van der Waals surface area (Å²) in [5.74, 6) is 6.78. The number of hydrogen-bond acceptors (Lipinski definition) is 6. The maximum absolute atomic E-state index is 5.39. The van der Waals surface area contributed by atoms with Crippen LogP contribution in [0.4, 0.5) is 11.6 Å². The van der Waals surface area contributed by atoms with Crippen molar-refractivity contribution < 1.29 is 0 Å². The number of nitrogens with two attached hydrogens (primary N) is 1. The van der Waals surface area contributed by atoms with Gasteiger partial charge >= 0.3 is 0 Å². The van der Waals surface area contributed by atoms with E-state index in [0.29, 0.717) is 11.9 Å². The Morgan fingerprint density at radius 2 is 2.28 bits per heavy atom. The van der Waals surface area contributed by atoms with Crippen molar-refractivity contribution >= 4 is 27.6 Å². The fourth-order valence-corrected chi connectivity index (χ4v) is 2.66. The second kappa shape index (κ2) is 6.31. The van der Waals surface area contributed by atoms with Gasteiger partial charge in [-0.15, -0.1) is 0 Å². The number of piperidine rings is 1. The molecule has 0 saturated carbocycles. The van der Waals surface area contributed by atoms with Crippen LogP contribution >= 0.6 is 15.9 Å². The molecule has 6 nitrogen and oxygen atoms in total. The number of hydrogen-bond donors (Lipinski definition) is 3. The first-order valence-electron chi connectivity index (χ1n) is 6.20. The first-order chi connectivity index (χ1) is 8.74. The maximum atomic E-state index is 5.39. The molecule has 0 bridgehead atoms. The predicted molar refractivity (Wildman–Crippen MR) is 76.3 cm³/mol. The summed E-state index contributed by atoms with van der Waals surface area (Å²) in [6.45, 7) is 5.53. The minimum Gasteiger partial charge on any atom is -0.365 e. The number of halogens is 1. The van der Waals surface area contributed by atoms with Gasteiger partial charge in [0.2, 0.25) is 0 Å². The fraction of sp³-hybridized carbons (Fsp3) is 0.636. The first kappa shape index (κ1) is 13.5. The molecule has 1 atom stereocenters. The Bertz CT molecular complexity index is 399. The molecule has 4 N–H and O–H groups in total. The lowest BCUT2D eigenvalue weighted by atomic mass is 10.1. The molecular formula is C11H19BrN6. The van der Waals surface area contributed by atoms with Crippen LogP contribution in [0.2, 0.25) is 0 Å². The zero-order valence-electron chi connectivity index (χ0n) is 10.5. The summed E-state index contributed by atoms with van der Waals surface area (Å²) in [4.78, 5) is 10.7. The van der Waals surface area contributed by atoms with Gasteiger partial charge in [0, 0.05) is 12.6 Å². The third kappa shape index (κ3) is 3.09. The number of rotatable bonds is 4. The van der Waals surface area contributed by atoms with Crippen LogP contribution in [-0.2, 0) is 0 Å². The van der Waals surface area contributed by atoms with Crippen molar-refractivity contribution in [3.63, 3.8) is 0 Å². The molecule has 7 heteroatoms. The number of nitrogen functional groups attached to an aromatic ring is 1. The van der Waals surface area contributed by atoms with E-state index in [1.54, 1.807) is 0 Å². The summed E-state index contributed by atoms with van der Waals surface area (Å²) in [5, 5.41) is 3.45. The number of likely N-dealkylation sites (N-methyl/N-ethyl adjacent to an activating group) is 1. The van der Waals surface area contributed by atoms with Gasteiger partial charge in [-0.2, -0.15) is 0 Å². The second-order valence-corrected chi connectivity index (χ2v) is 5.20. The Kier molecular flexibility index (Phi) is 4.73. The summed E-state index contributed by atoms with van der Waals surface area (Å²) in [6, 6.07) is 0.426. The molecule has 0 amide bonds. The molecular weight excluding hydrogens is 296 g/mol. The summed E-state index contributed by atoms with van der Waals surface area (Å²) in [5.41, 5.74) is 2.54. The molecule has 2 heterocycles. The minimum atomic E-state index is 0.426. The van der Waals surface area contributed by atoms with Crippen LogP contribution in [0.25, 0.3) is 0 Å². The van der Waals surface area contributed by atoms with Gasteiger partial charge in [-0.05, 0) is 41.9 Å². The monoisotopic (exact) mass is 314 g/mol. The number of hydrazine groups is 1. The Morgan fingerprint density at radius 1 is 1.50 bits per heavy atom. The normalized spacial score (nSPS) is 20.7. The van der Waals surface area contributed by atoms with Crippen molar-refractivity contribution in [2.75, 3.05) is 30.4 Å². The second-order valence-electron chi connectivity index (χ2n) is 4.41. The fourth-order valence-electron chi connectivity index (χ4n) is 2.23. The van der Waals surface area contributed by atoms with Crippen LogP contribution in [-0.4, -0.2) is 40.5 Å². The Balaban J connectivity index is 2.04. The summed E-state index contributed by atoms with van der Waals surface area (Å²) in [7, 11) is 0. The zero-order chi connectivity index (χ0) is 13.0. The van der Waals surface area contributed by atoms with Crippen molar-refractivity contribution in [1.82, 2.24) is 14.9 Å². The smallest absolute Gasteiger partial charge is 0.159 e. The molecule has 1 saturated heterocycles. The van der Waals surface area contributed by atoms with Gasteiger partial charge in [0.05, 0.1) is 0 Å². The number of nitrogens with zero attached hydrogens (tertiary/aromatic N) is 3. The van der Waals surface area contributed by atoms with Crippen molar-refractivity contribution in [1.29, 1.82) is 0 Å². The van der Waals surface area contributed by atoms with Crippen molar-refractivity contribution in [3.05, 3.63) is 10.8 Å². The van der Waals surface area contributed by atoms with Crippen molar-refractivity contribution in [2.45, 2.75) is 25.8 Å². The molecule has 2 rings (SSSR count). The van der Waals surface area contributed by atoms with Gasteiger partial charge in [0.1, 0.15) is 16.6 Å². The van der Waals surface area contributed by atoms with E-state index in [4.69, 9.17) is 5.84 Å². The third-order valence-electron chi connectivity index (χ3n) is 3.22. The van der Waals surface area contributed by atoms with E-state index in [2.05, 4.69) is 48.5 Å². The van der Waals surface area contributed by atoms with Crippen molar-refractivity contribution in [3.8, 4) is 0 Å². The summed E-state index contributed by atoms with van der Waals surface area (Å²) >= 11 is 3.46. The molecule has 1 unspecified atom stereocenters. The highest BCUT2D eigenvalue weighted by atomic mass is 79.9. The number of anilines is 2. The first-order valence-corrected chi connectivity index (χ1v) is 7.00. The van der Waals surface area contributed by atoms with Crippen LogP contribution in [0, 0.1) is 0 Å². The summed E-state index contributed by atoms with van der Waals surface area (Å²) < 4.78 is 0.779. The standard InChI is InChI=1S/C11H19BrN6/c1-2-18-5-3-4-8(6-18)16-10-9(12)11(17-13)15-7-14-10/h7-8H,2-6,13H2,1H3,(H2,14,15,16,17). The Labute approximate surface area is 115 Å². The van der Waals surface area contributed by atoms with Crippen molar-refractivity contribution in [2.24, 2.45) is 5.84 Å². The summed E-state index contributed by atoms with van der Waals surface area (Å²) in [6.07, 6.45) is 3.89. The molecule has 0 aromatic carbocycles. The highest BCUT2D eigenvalue weighted by Crippen LogP contribution is 2.27. The van der Waals surface area contributed by atoms with Gasteiger partial charge in [-0.25, -0.2) is 15.8 Å². The van der Waals surface area contributed by atoms with Gasteiger partial charge < -0.3 is 15.6 Å². The molecule has 1 aliphatic rings. The molecule has 1 aromatic rings. The third-order valence-corrected chi connectivity index (χ3v) is 3.97. The molecule has 0 spiro atoms. The number of nitrogens with one attached hydrogen (secondary N) is 2. The lowest BCUT2D eigenvalue weighted by molar-refractivity contribution is 0.226. The molecule has 100 valence electrons. The SMILES string of the molecule is CCN1CCCC(Nc2ncnc(NN)c2Br)C1. The van der Waals surface area contributed by atoms with Gasteiger partial charge in [0.25, 0.3) is 0 Å². The van der Waals surface area contributed by atoms with E-state index in [1.807, 2.05) is 0 Å². The largest absolute Gasteiger partial charge is 0.365 e. The topological polar surface area (TPSA) is 79.1 Å². The Morgan fingerprint density at radius 3 is 3.00 bits per heavy atom. The van der Waals surface area contributed by atoms with E-state index < -0.39 is 0 Å². The average Bonchev–Trinajstić information content (AvgIpc) is 2.41. The quantitative estimate of drug-likeness (QED) is 0.576. The highest BCUT2D eigenvalue weighted by molar-refractivity contribution is 9.10. The van der Waals surface area contributed by atoms with Crippen LogP contribution in [0.1, 0.15) is 19.8 Å². The zero-order valence-corrected chi connectivity index (χ0v) is 12.1. The molecule has 0 radical (unpaired) electrons. The van der Waals surface area contributed by atoms with Gasteiger partial charge in [-0.3, -0.25) is 0 Å². The molecule has 1 aromatic heterocycles. The highest BCUT2D eigenvalue weighted by Gasteiger charge is 2.20. The molecule has 0 aliphatic carbocycles. The van der Waals surface area contributed by atoms with Crippen LogP contribution in [0.15, 0.2) is 10.8 Å². The number of aromatic nitrogens is 2.